The number of carboxylic acids is 1. The van der Waals surface area contributed by atoms with Gasteiger partial charge in [-0.2, -0.15) is 0 Å². The molecule has 0 aliphatic carbocycles. The molecule has 0 saturated carbocycles. The number of carbonyl (C=O) groups is 2. The molecule has 1 N–H and O–H groups in total. The topological polar surface area (TPSA) is 68.5 Å². The van der Waals surface area contributed by atoms with Gasteiger partial charge in [0, 0.05) is 23.1 Å². The Bertz CT molecular complexity index is 660. The highest BCUT2D eigenvalue weighted by atomic mass is 79.9. The number of carbonyl (C=O) groups excluding carboxylic acids is 1. The lowest BCUT2D eigenvalue weighted by Gasteiger charge is -2.04. The van der Waals surface area contributed by atoms with E-state index >= 15 is 0 Å². The molecule has 0 aliphatic rings. The van der Waals surface area contributed by atoms with Crippen LogP contribution in [0.25, 0.3) is 10.9 Å². The molecule has 18 heavy (non-hydrogen) atoms. The van der Waals surface area contributed by atoms with Gasteiger partial charge in [0.25, 0.3) is 0 Å². The lowest BCUT2D eigenvalue weighted by Crippen LogP contribution is -2.04. The second-order valence-electron chi connectivity index (χ2n) is 3.80. The SMILES string of the molecule is COC(=O)c1cc(Br)cc2c1c(C(=O)O)cn2C. The molecule has 0 bridgehead atoms. The van der Waals surface area contributed by atoms with E-state index in [0.717, 1.165) is 0 Å². The van der Waals surface area contributed by atoms with Crippen molar-refractivity contribution in [3.8, 4) is 0 Å². The summed E-state index contributed by atoms with van der Waals surface area (Å²) in [6, 6.07) is 3.31. The highest BCUT2D eigenvalue weighted by molar-refractivity contribution is 9.10. The number of aromatic nitrogens is 1. The average Bonchev–Trinajstić information content (AvgIpc) is 2.65. The van der Waals surface area contributed by atoms with E-state index in [1.165, 1.54) is 13.3 Å². The first-order valence-electron chi connectivity index (χ1n) is 5.06. The van der Waals surface area contributed by atoms with Crippen LogP contribution in [0.15, 0.2) is 22.8 Å². The van der Waals surface area contributed by atoms with Crippen molar-refractivity contribution in [2.24, 2.45) is 7.05 Å². The van der Waals surface area contributed by atoms with E-state index in [9.17, 15) is 9.59 Å². The summed E-state index contributed by atoms with van der Waals surface area (Å²) in [5.74, 6) is -1.64. The summed E-state index contributed by atoms with van der Waals surface area (Å²) in [5, 5.41) is 9.56. The number of nitrogens with zero attached hydrogens (tertiary/aromatic N) is 1. The second-order valence-corrected chi connectivity index (χ2v) is 4.71. The molecule has 1 heterocycles. The number of ether oxygens (including phenoxy) is 1. The van der Waals surface area contributed by atoms with E-state index in [1.54, 1.807) is 23.7 Å². The lowest BCUT2D eigenvalue weighted by atomic mass is 10.1. The van der Waals surface area contributed by atoms with Gasteiger partial charge >= 0.3 is 11.9 Å². The van der Waals surface area contributed by atoms with Gasteiger partial charge in [0.05, 0.1) is 23.8 Å². The van der Waals surface area contributed by atoms with E-state index in [4.69, 9.17) is 5.11 Å². The van der Waals surface area contributed by atoms with Crippen LogP contribution in [-0.4, -0.2) is 28.7 Å². The summed E-state index contributed by atoms with van der Waals surface area (Å²) < 4.78 is 7.03. The van der Waals surface area contributed by atoms with Gasteiger partial charge in [-0.25, -0.2) is 9.59 Å². The monoisotopic (exact) mass is 311 g/mol. The van der Waals surface area contributed by atoms with Crippen LogP contribution < -0.4 is 0 Å². The number of benzene rings is 1. The van der Waals surface area contributed by atoms with Crippen molar-refractivity contribution in [2.75, 3.05) is 7.11 Å². The normalized spacial score (nSPS) is 10.6. The van der Waals surface area contributed by atoms with Crippen LogP contribution >= 0.6 is 15.9 Å². The molecule has 0 amide bonds. The van der Waals surface area contributed by atoms with Crippen LogP contribution in [0, 0.1) is 0 Å². The van der Waals surface area contributed by atoms with Gasteiger partial charge in [0.15, 0.2) is 0 Å². The Hall–Kier alpha value is -1.82. The number of hydrogen-bond acceptors (Lipinski definition) is 3. The average molecular weight is 312 g/mol. The fraction of sp³-hybridized carbons (Fsp3) is 0.167. The maximum Gasteiger partial charge on any atom is 0.338 e. The quantitative estimate of drug-likeness (QED) is 0.865. The molecule has 2 rings (SSSR count). The Morgan fingerprint density at radius 2 is 2.00 bits per heavy atom. The first-order chi connectivity index (χ1) is 8.45. The smallest absolute Gasteiger partial charge is 0.338 e. The van der Waals surface area contributed by atoms with Gasteiger partial charge < -0.3 is 14.4 Å². The lowest BCUT2D eigenvalue weighted by molar-refractivity contribution is 0.0603. The Labute approximate surface area is 111 Å². The summed E-state index contributed by atoms with van der Waals surface area (Å²) >= 11 is 3.29. The molecule has 2 aromatic rings. The number of hydrogen-bond donors (Lipinski definition) is 1. The molecule has 1 aromatic carbocycles. The molecule has 0 aliphatic heterocycles. The highest BCUT2D eigenvalue weighted by Gasteiger charge is 2.21. The van der Waals surface area contributed by atoms with Crippen molar-refractivity contribution in [1.82, 2.24) is 4.57 Å². The third kappa shape index (κ3) is 1.88. The molecule has 0 saturated heterocycles. The minimum absolute atomic E-state index is 0.0837. The second kappa shape index (κ2) is 4.45. The van der Waals surface area contributed by atoms with Crippen LogP contribution in [0.5, 0.6) is 0 Å². The third-order valence-electron chi connectivity index (χ3n) is 2.69. The van der Waals surface area contributed by atoms with Crippen LogP contribution in [0.2, 0.25) is 0 Å². The van der Waals surface area contributed by atoms with E-state index in [1.807, 2.05) is 0 Å². The zero-order valence-electron chi connectivity index (χ0n) is 9.73. The van der Waals surface area contributed by atoms with Crippen LogP contribution in [0.4, 0.5) is 0 Å². The van der Waals surface area contributed by atoms with Gasteiger partial charge in [0.2, 0.25) is 0 Å². The minimum Gasteiger partial charge on any atom is -0.478 e. The molecule has 1 aromatic heterocycles. The number of esters is 1. The maximum absolute atomic E-state index is 11.7. The molecule has 0 atom stereocenters. The van der Waals surface area contributed by atoms with E-state index in [2.05, 4.69) is 20.7 Å². The zero-order chi connectivity index (χ0) is 13.4. The summed E-state index contributed by atoms with van der Waals surface area (Å²) in [6.45, 7) is 0. The van der Waals surface area contributed by atoms with Crippen LogP contribution in [0.1, 0.15) is 20.7 Å². The number of rotatable bonds is 2. The Morgan fingerprint density at radius 1 is 1.33 bits per heavy atom. The standard InChI is InChI=1S/C12H10BrNO4/c1-14-5-8(11(15)16)10-7(12(17)18-2)3-6(13)4-9(10)14/h3-5H,1-2H3,(H,15,16). The zero-order valence-corrected chi connectivity index (χ0v) is 11.3. The van der Waals surface area contributed by atoms with Gasteiger partial charge in [-0.15, -0.1) is 0 Å². The molecular weight excluding hydrogens is 302 g/mol. The van der Waals surface area contributed by atoms with Crippen molar-refractivity contribution in [2.45, 2.75) is 0 Å². The van der Waals surface area contributed by atoms with Crippen molar-refractivity contribution in [3.05, 3.63) is 33.9 Å². The Kier molecular flexibility index (Phi) is 3.13. The van der Waals surface area contributed by atoms with Crippen LogP contribution in [-0.2, 0) is 11.8 Å². The van der Waals surface area contributed by atoms with E-state index in [-0.39, 0.29) is 11.1 Å². The molecule has 0 spiro atoms. The number of carboxylic acid groups (broad SMARTS) is 1. The van der Waals surface area contributed by atoms with Gasteiger partial charge in [0.1, 0.15) is 0 Å². The summed E-state index contributed by atoms with van der Waals surface area (Å²) in [7, 11) is 2.99. The van der Waals surface area contributed by atoms with Crippen molar-refractivity contribution in [1.29, 1.82) is 0 Å². The van der Waals surface area contributed by atoms with E-state index < -0.39 is 11.9 Å². The number of aryl methyl sites for hydroxylation is 1. The maximum atomic E-state index is 11.7. The first kappa shape index (κ1) is 12.6. The van der Waals surface area contributed by atoms with Crippen molar-refractivity contribution in [3.63, 3.8) is 0 Å². The molecule has 0 fully saturated rings. The molecule has 0 unspecified atom stereocenters. The van der Waals surface area contributed by atoms with Gasteiger partial charge in [-0.3, -0.25) is 0 Å². The molecular formula is C12H10BrNO4. The number of aromatic carboxylic acids is 1. The van der Waals surface area contributed by atoms with Crippen molar-refractivity contribution >= 4 is 38.8 Å². The highest BCUT2D eigenvalue weighted by Crippen LogP contribution is 2.29. The summed E-state index contributed by atoms with van der Waals surface area (Å²) in [4.78, 5) is 22.9. The Balaban J connectivity index is 2.91. The third-order valence-corrected chi connectivity index (χ3v) is 3.15. The first-order valence-corrected chi connectivity index (χ1v) is 5.85. The largest absolute Gasteiger partial charge is 0.478 e. The fourth-order valence-corrected chi connectivity index (χ4v) is 2.36. The van der Waals surface area contributed by atoms with Gasteiger partial charge in [-0.05, 0) is 12.1 Å². The minimum atomic E-state index is -1.08. The summed E-state index contributed by atoms with van der Waals surface area (Å²) in [5.41, 5.74) is 0.974. The number of fused-ring (bicyclic) bond motifs is 1. The van der Waals surface area contributed by atoms with Crippen molar-refractivity contribution < 1.29 is 19.4 Å². The predicted octanol–water partition coefficient (Wildman–Crippen LogP) is 2.43. The fourth-order valence-electron chi connectivity index (χ4n) is 1.91. The van der Waals surface area contributed by atoms with Gasteiger partial charge in [-0.1, -0.05) is 15.9 Å². The van der Waals surface area contributed by atoms with E-state index in [0.29, 0.717) is 15.4 Å². The number of methoxy groups -OCH3 is 1. The predicted molar refractivity (Wildman–Crippen MR) is 68.9 cm³/mol. The number of halogens is 1. The molecule has 94 valence electrons. The molecule has 5 nitrogen and oxygen atoms in total. The summed E-state index contributed by atoms with van der Waals surface area (Å²) in [6.07, 6.45) is 1.48. The van der Waals surface area contributed by atoms with Crippen LogP contribution in [0.3, 0.4) is 0 Å². The molecule has 6 heteroatoms. The molecule has 0 radical (unpaired) electrons. The Morgan fingerprint density at radius 3 is 2.56 bits per heavy atom.